The lowest BCUT2D eigenvalue weighted by Gasteiger charge is -2.39. The number of benzene rings is 1. The van der Waals surface area contributed by atoms with E-state index in [0.29, 0.717) is 0 Å². The fraction of sp³-hybridized carbons (Fsp3) is 0.526. The highest BCUT2D eigenvalue weighted by molar-refractivity contribution is 5.91. The number of amides is 1. The number of rotatable bonds is 4. The third kappa shape index (κ3) is 3.42. The second-order valence-corrected chi connectivity index (χ2v) is 6.64. The largest absolute Gasteiger partial charge is 0.493 e. The third-order valence-electron chi connectivity index (χ3n) is 5.35. The van der Waals surface area contributed by atoms with Crippen molar-refractivity contribution in [1.82, 2.24) is 4.90 Å². The molecule has 23 heavy (non-hydrogen) atoms. The first kappa shape index (κ1) is 16.1. The van der Waals surface area contributed by atoms with E-state index >= 15 is 0 Å². The van der Waals surface area contributed by atoms with Crippen LogP contribution in [-0.4, -0.2) is 42.2 Å². The number of carbonyl (C=O) groups is 1. The predicted octanol–water partition coefficient (Wildman–Crippen LogP) is 2.65. The van der Waals surface area contributed by atoms with Crippen molar-refractivity contribution >= 4 is 12.0 Å². The van der Waals surface area contributed by atoms with Crippen LogP contribution in [0.1, 0.15) is 37.3 Å². The second kappa shape index (κ2) is 6.75. The summed E-state index contributed by atoms with van der Waals surface area (Å²) in [6.45, 7) is 4.55. The standard InChI is InChI=1S/C19H25NO3/c1-2-19(14-21)8-10-20(11-9-19)18(22)6-4-15-3-5-17-16(13-15)7-12-23-17/h3-6,13,21H,2,7-12,14H2,1H3/b6-4+. The Hall–Kier alpha value is -1.81. The van der Waals surface area contributed by atoms with Gasteiger partial charge in [-0.2, -0.15) is 0 Å². The van der Waals surface area contributed by atoms with Gasteiger partial charge in [0.25, 0.3) is 0 Å². The number of aliphatic hydroxyl groups is 1. The molecular weight excluding hydrogens is 290 g/mol. The Morgan fingerprint density at radius 3 is 2.87 bits per heavy atom. The first-order valence-electron chi connectivity index (χ1n) is 8.49. The molecule has 1 saturated heterocycles. The maximum Gasteiger partial charge on any atom is 0.246 e. The summed E-state index contributed by atoms with van der Waals surface area (Å²) in [6.07, 6.45) is 7.23. The molecule has 4 heteroatoms. The minimum atomic E-state index is 0.0144. The smallest absolute Gasteiger partial charge is 0.246 e. The van der Waals surface area contributed by atoms with E-state index < -0.39 is 0 Å². The molecule has 0 atom stereocenters. The number of hydrogen-bond donors (Lipinski definition) is 1. The van der Waals surface area contributed by atoms with Gasteiger partial charge in [-0.05, 0) is 54.0 Å². The molecule has 2 aliphatic rings. The number of piperidine rings is 1. The average Bonchev–Trinajstić information content (AvgIpc) is 3.07. The van der Waals surface area contributed by atoms with Crippen LogP contribution < -0.4 is 4.74 Å². The zero-order valence-electron chi connectivity index (χ0n) is 13.8. The minimum absolute atomic E-state index is 0.0144. The third-order valence-corrected chi connectivity index (χ3v) is 5.35. The fourth-order valence-corrected chi connectivity index (χ4v) is 3.41. The summed E-state index contributed by atoms with van der Waals surface area (Å²) in [5, 5.41) is 9.57. The number of ether oxygens (including phenoxy) is 1. The first-order valence-corrected chi connectivity index (χ1v) is 8.49. The van der Waals surface area contributed by atoms with E-state index in [1.165, 1.54) is 5.56 Å². The molecule has 0 radical (unpaired) electrons. The van der Waals surface area contributed by atoms with Crippen molar-refractivity contribution in [3.8, 4) is 5.75 Å². The average molecular weight is 315 g/mol. The molecule has 0 aliphatic carbocycles. The Kier molecular flexibility index (Phi) is 4.71. The Balaban J connectivity index is 1.59. The van der Waals surface area contributed by atoms with Crippen molar-refractivity contribution in [3.05, 3.63) is 35.4 Å². The van der Waals surface area contributed by atoms with Crippen molar-refractivity contribution < 1.29 is 14.6 Å². The highest BCUT2D eigenvalue weighted by Crippen LogP contribution is 2.34. The molecule has 1 N–H and O–H groups in total. The van der Waals surface area contributed by atoms with Gasteiger partial charge in [0.05, 0.1) is 6.61 Å². The fourth-order valence-electron chi connectivity index (χ4n) is 3.41. The Morgan fingerprint density at radius 2 is 2.17 bits per heavy atom. The van der Waals surface area contributed by atoms with Gasteiger partial charge in [-0.15, -0.1) is 0 Å². The SMILES string of the molecule is CCC1(CO)CCN(C(=O)/C=C/c2ccc3c(c2)CCO3)CC1. The Labute approximate surface area is 137 Å². The van der Waals surface area contributed by atoms with Gasteiger partial charge in [0.15, 0.2) is 0 Å². The first-order chi connectivity index (χ1) is 11.2. The van der Waals surface area contributed by atoms with Crippen molar-refractivity contribution in [1.29, 1.82) is 0 Å². The molecule has 124 valence electrons. The summed E-state index contributed by atoms with van der Waals surface area (Å²) in [6, 6.07) is 6.05. The zero-order valence-corrected chi connectivity index (χ0v) is 13.8. The van der Waals surface area contributed by atoms with Crippen LogP contribution in [0.3, 0.4) is 0 Å². The van der Waals surface area contributed by atoms with E-state index in [0.717, 1.165) is 56.7 Å². The lowest BCUT2D eigenvalue weighted by atomic mass is 9.77. The van der Waals surface area contributed by atoms with Crippen LogP contribution >= 0.6 is 0 Å². The zero-order chi connectivity index (χ0) is 16.3. The molecule has 1 amide bonds. The van der Waals surface area contributed by atoms with E-state index in [1.807, 2.05) is 23.1 Å². The van der Waals surface area contributed by atoms with Gasteiger partial charge < -0.3 is 14.7 Å². The molecule has 4 nitrogen and oxygen atoms in total. The molecule has 0 aromatic heterocycles. The van der Waals surface area contributed by atoms with Crippen LogP contribution in [0.5, 0.6) is 5.75 Å². The monoisotopic (exact) mass is 315 g/mol. The molecule has 0 spiro atoms. The molecule has 1 aromatic rings. The maximum absolute atomic E-state index is 12.3. The topological polar surface area (TPSA) is 49.8 Å². The highest BCUT2D eigenvalue weighted by Gasteiger charge is 2.33. The van der Waals surface area contributed by atoms with Crippen molar-refractivity contribution in [2.24, 2.45) is 5.41 Å². The van der Waals surface area contributed by atoms with Crippen LogP contribution in [0, 0.1) is 5.41 Å². The summed E-state index contributed by atoms with van der Waals surface area (Å²) >= 11 is 0. The van der Waals surface area contributed by atoms with E-state index in [2.05, 4.69) is 13.0 Å². The van der Waals surface area contributed by atoms with Gasteiger partial charge in [-0.1, -0.05) is 13.0 Å². The second-order valence-electron chi connectivity index (χ2n) is 6.64. The van der Waals surface area contributed by atoms with E-state index in [4.69, 9.17) is 4.74 Å². The lowest BCUT2D eigenvalue weighted by Crippen LogP contribution is -2.43. The van der Waals surface area contributed by atoms with Crippen LogP contribution in [0.15, 0.2) is 24.3 Å². The van der Waals surface area contributed by atoms with Gasteiger partial charge in [0.1, 0.15) is 5.75 Å². The molecule has 3 rings (SSSR count). The van der Waals surface area contributed by atoms with Crippen LogP contribution in [0.4, 0.5) is 0 Å². The Morgan fingerprint density at radius 1 is 1.39 bits per heavy atom. The maximum atomic E-state index is 12.3. The number of fused-ring (bicyclic) bond motifs is 1. The predicted molar refractivity (Wildman–Crippen MR) is 90.3 cm³/mol. The molecule has 0 saturated carbocycles. The van der Waals surface area contributed by atoms with Gasteiger partial charge >= 0.3 is 0 Å². The number of hydrogen-bond acceptors (Lipinski definition) is 3. The number of likely N-dealkylation sites (tertiary alicyclic amines) is 1. The molecule has 1 aromatic carbocycles. The van der Waals surface area contributed by atoms with Crippen LogP contribution in [-0.2, 0) is 11.2 Å². The summed E-state index contributed by atoms with van der Waals surface area (Å²) in [5.41, 5.74) is 2.27. The molecule has 2 aliphatic heterocycles. The van der Waals surface area contributed by atoms with Gasteiger partial charge in [-0.3, -0.25) is 4.79 Å². The normalized spacial score (nSPS) is 19.7. The van der Waals surface area contributed by atoms with E-state index in [9.17, 15) is 9.90 Å². The van der Waals surface area contributed by atoms with Gasteiger partial charge in [0.2, 0.25) is 5.91 Å². The number of nitrogens with zero attached hydrogens (tertiary/aromatic N) is 1. The van der Waals surface area contributed by atoms with Gasteiger partial charge in [0, 0.05) is 32.2 Å². The molecular formula is C19H25NO3. The molecule has 0 bridgehead atoms. The quantitative estimate of drug-likeness (QED) is 0.869. The summed E-state index contributed by atoms with van der Waals surface area (Å²) in [4.78, 5) is 14.2. The van der Waals surface area contributed by atoms with Crippen LogP contribution in [0.2, 0.25) is 0 Å². The van der Waals surface area contributed by atoms with Gasteiger partial charge in [-0.25, -0.2) is 0 Å². The summed E-state index contributed by atoms with van der Waals surface area (Å²) in [7, 11) is 0. The highest BCUT2D eigenvalue weighted by atomic mass is 16.5. The van der Waals surface area contributed by atoms with E-state index in [-0.39, 0.29) is 17.9 Å². The molecule has 2 heterocycles. The Bertz CT molecular complexity index is 595. The molecule has 0 unspecified atom stereocenters. The van der Waals surface area contributed by atoms with Crippen molar-refractivity contribution in [3.63, 3.8) is 0 Å². The summed E-state index contributed by atoms with van der Waals surface area (Å²) < 4.78 is 5.50. The summed E-state index contributed by atoms with van der Waals surface area (Å²) in [5.74, 6) is 1.02. The lowest BCUT2D eigenvalue weighted by molar-refractivity contribution is -0.128. The number of carbonyl (C=O) groups excluding carboxylic acids is 1. The number of aliphatic hydroxyl groups excluding tert-OH is 1. The van der Waals surface area contributed by atoms with Crippen molar-refractivity contribution in [2.45, 2.75) is 32.6 Å². The van der Waals surface area contributed by atoms with Crippen LogP contribution in [0.25, 0.3) is 6.08 Å². The minimum Gasteiger partial charge on any atom is -0.493 e. The molecule has 1 fully saturated rings. The van der Waals surface area contributed by atoms with E-state index in [1.54, 1.807) is 6.08 Å². The van der Waals surface area contributed by atoms with Crippen molar-refractivity contribution in [2.75, 3.05) is 26.3 Å².